The van der Waals surface area contributed by atoms with Crippen molar-refractivity contribution in [3.63, 3.8) is 0 Å². The monoisotopic (exact) mass is 429 g/mol. The maximum atomic E-state index is 13.0. The van der Waals surface area contributed by atoms with Gasteiger partial charge in [0.2, 0.25) is 10.0 Å². The molecule has 2 aliphatic heterocycles. The van der Waals surface area contributed by atoms with Crippen LogP contribution >= 0.6 is 12.4 Å². The lowest BCUT2D eigenvalue weighted by atomic mass is 9.94. The van der Waals surface area contributed by atoms with Gasteiger partial charge in [-0.2, -0.15) is 4.31 Å². The minimum atomic E-state index is -3.51. The van der Waals surface area contributed by atoms with Crippen molar-refractivity contribution in [2.45, 2.75) is 44.0 Å². The first-order chi connectivity index (χ1) is 12.8. The van der Waals surface area contributed by atoms with Crippen LogP contribution in [0.3, 0.4) is 0 Å². The summed E-state index contributed by atoms with van der Waals surface area (Å²) in [5.74, 6) is 0.678. The van der Waals surface area contributed by atoms with Gasteiger partial charge in [-0.3, -0.25) is 4.79 Å². The number of piperidine rings is 2. The maximum Gasteiger partial charge on any atom is 0.253 e. The Morgan fingerprint density at radius 3 is 2.14 bits per heavy atom. The number of halogens is 1. The first-order valence-electron chi connectivity index (χ1n) is 9.87. The largest absolute Gasteiger partial charge is 0.339 e. The van der Waals surface area contributed by atoms with E-state index in [2.05, 4.69) is 19.2 Å². The molecule has 0 aliphatic carbocycles. The van der Waals surface area contributed by atoms with Gasteiger partial charge in [0.25, 0.3) is 5.91 Å². The number of sulfonamides is 1. The topological polar surface area (TPSA) is 69.7 Å². The van der Waals surface area contributed by atoms with Crippen molar-refractivity contribution < 1.29 is 13.2 Å². The smallest absolute Gasteiger partial charge is 0.253 e. The Hall–Kier alpha value is -1.15. The quantitative estimate of drug-likeness (QED) is 0.798. The molecule has 6 nitrogen and oxygen atoms in total. The van der Waals surface area contributed by atoms with E-state index in [0.29, 0.717) is 30.5 Å². The van der Waals surface area contributed by atoms with Gasteiger partial charge in [-0.15, -0.1) is 12.4 Å². The van der Waals surface area contributed by atoms with Gasteiger partial charge in [0.15, 0.2) is 0 Å². The minimum absolute atomic E-state index is 0. The molecule has 2 aliphatic rings. The molecule has 0 spiro atoms. The summed E-state index contributed by atoms with van der Waals surface area (Å²) in [6.07, 6.45) is 2.95. The molecule has 1 aromatic carbocycles. The molecule has 2 atom stereocenters. The van der Waals surface area contributed by atoms with Gasteiger partial charge in [-0.1, -0.05) is 13.8 Å². The normalized spacial score (nSPS) is 24.4. The first kappa shape index (κ1) is 23.1. The molecule has 0 bridgehead atoms. The van der Waals surface area contributed by atoms with E-state index in [0.717, 1.165) is 32.4 Å². The predicted molar refractivity (Wildman–Crippen MR) is 113 cm³/mol. The molecular weight excluding hydrogens is 398 g/mol. The van der Waals surface area contributed by atoms with E-state index in [4.69, 9.17) is 0 Å². The Bertz CT molecular complexity index is 753. The third-order valence-corrected chi connectivity index (χ3v) is 7.60. The molecule has 8 heteroatoms. The zero-order chi connectivity index (χ0) is 19.6. The van der Waals surface area contributed by atoms with Crippen molar-refractivity contribution in [3.8, 4) is 0 Å². The Morgan fingerprint density at radius 2 is 1.61 bits per heavy atom. The highest BCUT2D eigenvalue weighted by molar-refractivity contribution is 7.89. The molecule has 158 valence electrons. The average molecular weight is 430 g/mol. The zero-order valence-electron chi connectivity index (χ0n) is 16.9. The first-order valence-corrected chi connectivity index (χ1v) is 11.3. The minimum Gasteiger partial charge on any atom is -0.339 e. The zero-order valence-corrected chi connectivity index (χ0v) is 18.6. The summed E-state index contributed by atoms with van der Waals surface area (Å²) >= 11 is 0. The number of hydrogen-bond donors (Lipinski definition) is 1. The van der Waals surface area contributed by atoms with Crippen LogP contribution in [-0.4, -0.2) is 62.8 Å². The summed E-state index contributed by atoms with van der Waals surface area (Å²) in [7, 11) is -1.68. The van der Waals surface area contributed by atoms with Crippen LogP contribution in [0.15, 0.2) is 29.2 Å². The third-order valence-electron chi connectivity index (χ3n) is 5.75. The van der Waals surface area contributed by atoms with Gasteiger partial charge >= 0.3 is 0 Å². The molecule has 2 unspecified atom stereocenters. The second-order valence-electron chi connectivity index (χ2n) is 8.19. The van der Waals surface area contributed by atoms with Crippen LogP contribution in [0.25, 0.3) is 0 Å². The Balaban J connectivity index is 0.00000280. The Labute approximate surface area is 175 Å². The van der Waals surface area contributed by atoms with E-state index in [1.165, 1.54) is 0 Å². The van der Waals surface area contributed by atoms with Gasteiger partial charge in [0.1, 0.15) is 0 Å². The molecular formula is C20H32ClN3O3S. The molecule has 1 aromatic rings. The molecule has 2 heterocycles. The van der Waals surface area contributed by atoms with Crippen LogP contribution in [-0.2, 0) is 10.0 Å². The highest BCUT2D eigenvalue weighted by Crippen LogP contribution is 2.27. The lowest BCUT2D eigenvalue weighted by Gasteiger charge is -2.34. The lowest BCUT2D eigenvalue weighted by molar-refractivity contribution is 0.0703. The number of rotatable bonds is 4. The number of nitrogens with zero attached hydrogens (tertiary/aromatic N) is 2. The fourth-order valence-corrected chi connectivity index (χ4v) is 5.96. The number of carbonyl (C=O) groups excluding carboxylic acids is 1. The summed E-state index contributed by atoms with van der Waals surface area (Å²) in [5.41, 5.74) is 0.537. The Kier molecular flexibility index (Phi) is 7.90. The van der Waals surface area contributed by atoms with E-state index in [9.17, 15) is 13.2 Å². The van der Waals surface area contributed by atoms with Crippen molar-refractivity contribution in [1.82, 2.24) is 14.5 Å². The summed E-state index contributed by atoms with van der Waals surface area (Å²) in [4.78, 5) is 14.8. The standard InChI is InChI=1S/C20H31N3O3S.ClH/c1-15-12-16(2)14-23(13-15)27(25,26)19-6-4-17(5-7-19)20(24)22(3)18-8-10-21-11-9-18;/h4-7,15-16,18,21H,8-14H2,1-3H3;1H. The van der Waals surface area contributed by atoms with E-state index in [1.54, 1.807) is 33.5 Å². The number of carbonyl (C=O) groups is 1. The second-order valence-corrected chi connectivity index (χ2v) is 10.1. The van der Waals surface area contributed by atoms with Gasteiger partial charge in [0.05, 0.1) is 4.90 Å². The highest BCUT2D eigenvalue weighted by atomic mass is 35.5. The van der Waals surface area contributed by atoms with Crippen LogP contribution < -0.4 is 5.32 Å². The fraction of sp³-hybridized carbons (Fsp3) is 0.650. The summed E-state index contributed by atoms with van der Waals surface area (Å²) in [5, 5.41) is 3.30. The molecule has 0 radical (unpaired) electrons. The van der Waals surface area contributed by atoms with E-state index < -0.39 is 10.0 Å². The van der Waals surface area contributed by atoms with Crippen molar-refractivity contribution >= 4 is 28.3 Å². The van der Waals surface area contributed by atoms with Crippen molar-refractivity contribution in [1.29, 1.82) is 0 Å². The fourth-order valence-electron chi connectivity index (χ4n) is 4.28. The molecule has 2 saturated heterocycles. The van der Waals surface area contributed by atoms with Crippen molar-refractivity contribution in [2.75, 3.05) is 33.2 Å². The number of amides is 1. The van der Waals surface area contributed by atoms with E-state index in [1.807, 2.05) is 7.05 Å². The SMILES string of the molecule is CC1CC(C)CN(S(=O)(=O)c2ccc(C(=O)N(C)C3CCNCC3)cc2)C1.Cl. The lowest BCUT2D eigenvalue weighted by Crippen LogP contribution is -2.44. The van der Waals surface area contributed by atoms with Crippen LogP contribution in [0.2, 0.25) is 0 Å². The average Bonchev–Trinajstić information content (AvgIpc) is 2.67. The molecule has 0 aromatic heterocycles. The Morgan fingerprint density at radius 1 is 1.07 bits per heavy atom. The van der Waals surface area contributed by atoms with Crippen molar-refractivity contribution in [3.05, 3.63) is 29.8 Å². The summed E-state index contributed by atoms with van der Waals surface area (Å²) in [6.45, 7) is 7.16. The maximum absolute atomic E-state index is 13.0. The van der Waals surface area contributed by atoms with Crippen molar-refractivity contribution in [2.24, 2.45) is 11.8 Å². The number of nitrogens with one attached hydrogen (secondary N) is 1. The molecule has 28 heavy (non-hydrogen) atoms. The molecule has 1 N–H and O–H groups in total. The second kappa shape index (κ2) is 9.57. The molecule has 1 amide bonds. The van der Waals surface area contributed by atoms with Gasteiger partial charge in [-0.05, 0) is 68.5 Å². The number of benzene rings is 1. The molecule has 3 rings (SSSR count). The molecule has 0 saturated carbocycles. The van der Waals surface area contributed by atoms with Crippen LogP contribution in [0.4, 0.5) is 0 Å². The summed E-state index contributed by atoms with van der Waals surface area (Å²) < 4.78 is 27.5. The van der Waals surface area contributed by atoms with Crippen LogP contribution in [0.1, 0.15) is 43.5 Å². The summed E-state index contributed by atoms with van der Waals surface area (Å²) in [6, 6.07) is 6.66. The predicted octanol–water partition coefficient (Wildman–Crippen LogP) is 2.60. The van der Waals surface area contributed by atoms with Crippen LogP contribution in [0, 0.1) is 11.8 Å². The van der Waals surface area contributed by atoms with Crippen LogP contribution in [0.5, 0.6) is 0 Å². The van der Waals surface area contributed by atoms with E-state index >= 15 is 0 Å². The molecule has 2 fully saturated rings. The number of hydrogen-bond acceptors (Lipinski definition) is 4. The highest BCUT2D eigenvalue weighted by Gasteiger charge is 2.32. The van der Waals surface area contributed by atoms with Gasteiger partial charge in [0, 0.05) is 31.7 Å². The third kappa shape index (κ3) is 5.06. The van der Waals surface area contributed by atoms with Gasteiger partial charge in [-0.25, -0.2) is 8.42 Å². The van der Waals surface area contributed by atoms with E-state index in [-0.39, 0.29) is 29.3 Å². The van der Waals surface area contributed by atoms with Gasteiger partial charge < -0.3 is 10.2 Å².